The van der Waals surface area contributed by atoms with Crippen molar-refractivity contribution in [2.75, 3.05) is 13.1 Å². The van der Waals surface area contributed by atoms with Crippen LogP contribution in [0.5, 0.6) is 0 Å². The highest BCUT2D eigenvalue weighted by atomic mass is 16.2. The van der Waals surface area contributed by atoms with Crippen molar-refractivity contribution in [1.29, 1.82) is 0 Å². The lowest BCUT2D eigenvalue weighted by molar-refractivity contribution is -0.131. The van der Waals surface area contributed by atoms with Gasteiger partial charge in [-0.25, -0.2) is 4.98 Å². The van der Waals surface area contributed by atoms with E-state index in [1.165, 1.54) is 0 Å². The van der Waals surface area contributed by atoms with Gasteiger partial charge >= 0.3 is 0 Å². The summed E-state index contributed by atoms with van der Waals surface area (Å²) < 4.78 is 0. The number of fused-ring (bicyclic) bond motifs is 1. The summed E-state index contributed by atoms with van der Waals surface area (Å²) in [5.74, 6) is 2.18. The van der Waals surface area contributed by atoms with E-state index in [4.69, 9.17) is 0 Å². The van der Waals surface area contributed by atoms with Crippen LogP contribution in [0.4, 0.5) is 0 Å². The average molecular weight is 337 g/mol. The SMILES string of the molecule is CCc1nc(C2CCCN(C(=O)Cc3c[nH]c4ccccc34)C2)n[nH]1. The Balaban J connectivity index is 1.46. The van der Waals surface area contributed by atoms with Gasteiger partial charge in [0.2, 0.25) is 5.91 Å². The topological polar surface area (TPSA) is 77.7 Å². The number of amides is 1. The molecule has 1 aromatic carbocycles. The molecule has 1 fully saturated rings. The molecule has 0 spiro atoms. The normalized spacial score (nSPS) is 18.0. The second-order valence-corrected chi connectivity index (χ2v) is 6.71. The van der Waals surface area contributed by atoms with Crippen LogP contribution in [0.2, 0.25) is 0 Å². The highest BCUT2D eigenvalue weighted by molar-refractivity contribution is 5.88. The minimum absolute atomic E-state index is 0.181. The van der Waals surface area contributed by atoms with Gasteiger partial charge in [0.25, 0.3) is 0 Å². The van der Waals surface area contributed by atoms with Crippen LogP contribution < -0.4 is 0 Å². The fraction of sp³-hybridized carbons (Fsp3) is 0.421. The Labute approximate surface area is 146 Å². The van der Waals surface area contributed by atoms with Crippen LogP contribution in [0, 0.1) is 0 Å². The quantitative estimate of drug-likeness (QED) is 0.768. The van der Waals surface area contributed by atoms with Crippen LogP contribution in [0.3, 0.4) is 0 Å². The van der Waals surface area contributed by atoms with Crippen molar-refractivity contribution in [2.45, 2.75) is 38.5 Å². The lowest BCUT2D eigenvalue weighted by Gasteiger charge is -2.31. The van der Waals surface area contributed by atoms with Crippen LogP contribution in [-0.4, -0.2) is 44.1 Å². The molecule has 3 aromatic rings. The second kappa shape index (κ2) is 6.70. The monoisotopic (exact) mass is 337 g/mol. The molecule has 25 heavy (non-hydrogen) atoms. The molecular formula is C19H23N5O. The summed E-state index contributed by atoms with van der Waals surface area (Å²) in [5, 5.41) is 8.46. The van der Waals surface area contributed by atoms with E-state index in [2.05, 4.69) is 33.2 Å². The fourth-order valence-electron chi connectivity index (χ4n) is 3.62. The number of aromatic amines is 2. The molecule has 6 heteroatoms. The van der Waals surface area contributed by atoms with E-state index >= 15 is 0 Å². The molecule has 1 saturated heterocycles. The predicted octanol–water partition coefficient (Wildman–Crippen LogP) is 2.80. The smallest absolute Gasteiger partial charge is 0.227 e. The molecule has 1 amide bonds. The number of piperidine rings is 1. The first-order valence-electron chi connectivity index (χ1n) is 8.98. The summed E-state index contributed by atoms with van der Waals surface area (Å²) in [5.41, 5.74) is 2.14. The van der Waals surface area contributed by atoms with Gasteiger partial charge in [-0.15, -0.1) is 0 Å². The van der Waals surface area contributed by atoms with Gasteiger partial charge in [0.05, 0.1) is 6.42 Å². The molecule has 0 radical (unpaired) electrons. The zero-order valence-electron chi connectivity index (χ0n) is 14.5. The molecule has 1 unspecified atom stereocenters. The molecule has 0 aliphatic carbocycles. The van der Waals surface area contributed by atoms with Crippen molar-refractivity contribution in [3.05, 3.63) is 47.7 Å². The standard InChI is InChI=1S/C19H23N5O/c1-2-17-21-19(23-22-17)13-6-5-9-24(12-13)18(25)10-14-11-20-16-8-4-3-7-15(14)16/h3-4,7-8,11,13,20H,2,5-6,9-10,12H2,1H3,(H,21,22,23). The number of aryl methyl sites for hydroxylation is 1. The molecule has 2 N–H and O–H groups in total. The Morgan fingerprint density at radius 3 is 3.08 bits per heavy atom. The van der Waals surface area contributed by atoms with Crippen LogP contribution >= 0.6 is 0 Å². The summed E-state index contributed by atoms with van der Waals surface area (Å²) in [6.07, 6.45) is 5.28. The van der Waals surface area contributed by atoms with Gasteiger partial charge in [0.15, 0.2) is 5.82 Å². The van der Waals surface area contributed by atoms with Gasteiger partial charge in [-0.1, -0.05) is 25.1 Å². The maximum atomic E-state index is 12.8. The van der Waals surface area contributed by atoms with E-state index in [1.54, 1.807) is 0 Å². The Morgan fingerprint density at radius 2 is 2.24 bits per heavy atom. The first-order valence-corrected chi connectivity index (χ1v) is 8.98. The number of carbonyl (C=O) groups excluding carboxylic acids is 1. The molecular weight excluding hydrogens is 314 g/mol. The van der Waals surface area contributed by atoms with Gasteiger partial charge in [0.1, 0.15) is 5.82 Å². The van der Waals surface area contributed by atoms with E-state index in [-0.39, 0.29) is 11.8 Å². The minimum Gasteiger partial charge on any atom is -0.361 e. The largest absolute Gasteiger partial charge is 0.361 e. The minimum atomic E-state index is 0.181. The Hall–Kier alpha value is -2.63. The molecule has 1 aliphatic heterocycles. The van der Waals surface area contributed by atoms with E-state index in [1.807, 2.05) is 29.3 Å². The van der Waals surface area contributed by atoms with Crippen molar-refractivity contribution in [1.82, 2.24) is 25.1 Å². The molecule has 130 valence electrons. The third-order valence-electron chi connectivity index (χ3n) is 5.04. The molecule has 0 bridgehead atoms. The molecule has 2 aromatic heterocycles. The highest BCUT2D eigenvalue weighted by Crippen LogP contribution is 2.26. The number of likely N-dealkylation sites (tertiary alicyclic amines) is 1. The van der Waals surface area contributed by atoms with Crippen LogP contribution in [0.1, 0.15) is 42.9 Å². The number of benzene rings is 1. The van der Waals surface area contributed by atoms with E-state index in [0.29, 0.717) is 13.0 Å². The van der Waals surface area contributed by atoms with Crippen molar-refractivity contribution in [3.63, 3.8) is 0 Å². The molecule has 6 nitrogen and oxygen atoms in total. The zero-order chi connectivity index (χ0) is 17.2. The summed E-state index contributed by atoms with van der Waals surface area (Å²) in [7, 11) is 0. The molecule has 1 atom stereocenters. The van der Waals surface area contributed by atoms with Crippen LogP contribution in [0.25, 0.3) is 10.9 Å². The number of nitrogens with one attached hydrogen (secondary N) is 2. The van der Waals surface area contributed by atoms with Gasteiger partial charge in [-0.3, -0.25) is 9.89 Å². The molecule has 1 aliphatic rings. The Bertz CT molecular complexity index is 881. The second-order valence-electron chi connectivity index (χ2n) is 6.71. The maximum absolute atomic E-state index is 12.8. The first kappa shape index (κ1) is 15.9. The number of rotatable bonds is 4. The predicted molar refractivity (Wildman–Crippen MR) is 96.3 cm³/mol. The number of aromatic nitrogens is 4. The van der Waals surface area contributed by atoms with Crippen LogP contribution in [-0.2, 0) is 17.6 Å². The lowest BCUT2D eigenvalue weighted by Crippen LogP contribution is -2.40. The van der Waals surface area contributed by atoms with Crippen molar-refractivity contribution < 1.29 is 4.79 Å². The average Bonchev–Trinajstić information content (AvgIpc) is 3.29. The van der Waals surface area contributed by atoms with Gasteiger partial charge < -0.3 is 9.88 Å². The maximum Gasteiger partial charge on any atom is 0.227 e. The van der Waals surface area contributed by atoms with E-state index in [0.717, 1.165) is 53.9 Å². The number of hydrogen-bond acceptors (Lipinski definition) is 3. The number of H-pyrrole nitrogens is 2. The zero-order valence-corrected chi connectivity index (χ0v) is 14.5. The van der Waals surface area contributed by atoms with Gasteiger partial charge in [0, 0.05) is 42.5 Å². The van der Waals surface area contributed by atoms with Crippen molar-refractivity contribution >= 4 is 16.8 Å². The lowest BCUT2D eigenvalue weighted by atomic mass is 9.96. The molecule has 3 heterocycles. The third-order valence-corrected chi connectivity index (χ3v) is 5.04. The highest BCUT2D eigenvalue weighted by Gasteiger charge is 2.27. The first-order chi connectivity index (χ1) is 12.2. The van der Waals surface area contributed by atoms with Gasteiger partial charge in [-0.2, -0.15) is 5.10 Å². The van der Waals surface area contributed by atoms with E-state index in [9.17, 15) is 4.79 Å². The van der Waals surface area contributed by atoms with Gasteiger partial charge in [-0.05, 0) is 24.5 Å². The van der Waals surface area contributed by atoms with Crippen LogP contribution in [0.15, 0.2) is 30.5 Å². The third kappa shape index (κ3) is 3.16. The number of hydrogen-bond donors (Lipinski definition) is 2. The fourth-order valence-corrected chi connectivity index (χ4v) is 3.62. The molecule has 4 rings (SSSR count). The number of nitrogens with zero attached hydrogens (tertiary/aromatic N) is 3. The Morgan fingerprint density at radius 1 is 1.36 bits per heavy atom. The molecule has 0 saturated carbocycles. The summed E-state index contributed by atoms with van der Waals surface area (Å²) in [4.78, 5) is 22.6. The Kier molecular flexibility index (Phi) is 4.26. The number of carbonyl (C=O) groups is 1. The summed E-state index contributed by atoms with van der Waals surface area (Å²) >= 11 is 0. The number of para-hydroxylation sites is 1. The van der Waals surface area contributed by atoms with Crippen molar-refractivity contribution in [2.24, 2.45) is 0 Å². The summed E-state index contributed by atoms with van der Waals surface area (Å²) in [6.45, 7) is 3.59. The van der Waals surface area contributed by atoms with Crippen molar-refractivity contribution in [3.8, 4) is 0 Å². The summed E-state index contributed by atoms with van der Waals surface area (Å²) in [6, 6.07) is 8.11. The van der Waals surface area contributed by atoms with E-state index < -0.39 is 0 Å².